The van der Waals surface area contributed by atoms with E-state index in [4.69, 9.17) is 19.7 Å². The second-order valence-electron chi connectivity index (χ2n) is 4.44. The average molecular weight is 372 g/mol. The van der Waals surface area contributed by atoms with Gasteiger partial charge in [0.25, 0.3) is 0 Å². The molecule has 0 amide bonds. The fourth-order valence-corrected chi connectivity index (χ4v) is 1.44. The van der Waals surface area contributed by atoms with Gasteiger partial charge in [-0.15, -0.1) is 0 Å². The molecule has 0 radical (unpaired) electrons. The molecular weight excluding hydrogens is 361 g/mol. The van der Waals surface area contributed by atoms with Gasteiger partial charge in [0.1, 0.15) is 18.1 Å². The van der Waals surface area contributed by atoms with Gasteiger partial charge in [0, 0.05) is 6.20 Å². The van der Waals surface area contributed by atoms with Crippen molar-refractivity contribution >= 4 is 18.2 Å². The molecule has 0 aromatic carbocycles. The van der Waals surface area contributed by atoms with Crippen molar-refractivity contribution in [3.05, 3.63) is 53.6 Å². The number of rotatable bonds is 5. The molecular formula is C15H11F3N2O6. The number of hydrogen-bond donors (Lipinski definition) is 2. The summed E-state index contributed by atoms with van der Waals surface area (Å²) in [6.07, 6.45) is -1.51. The SMILES string of the molecule is O=C(O)C(F)(F)F.O=Cc1ccncc1OCc1cccc(C(=O)O)n1. The predicted octanol–water partition coefficient (Wildman–Crippen LogP) is 2.20. The van der Waals surface area contributed by atoms with Gasteiger partial charge in [-0.2, -0.15) is 13.2 Å². The Morgan fingerprint density at radius 3 is 2.38 bits per heavy atom. The maximum atomic E-state index is 10.8. The van der Waals surface area contributed by atoms with Crippen LogP contribution in [0.5, 0.6) is 5.75 Å². The van der Waals surface area contributed by atoms with Crippen molar-refractivity contribution in [1.82, 2.24) is 9.97 Å². The number of aromatic carboxylic acids is 1. The molecule has 0 aliphatic rings. The first-order valence-corrected chi connectivity index (χ1v) is 6.66. The zero-order valence-corrected chi connectivity index (χ0v) is 12.8. The number of carboxylic acid groups (broad SMARTS) is 2. The molecule has 2 aromatic heterocycles. The van der Waals surface area contributed by atoms with E-state index in [1.165, 1.54) is 24.5 Å². The van der Waals surface area contributed by atoms with E-state index < -0.39 is 18.1 Å². The molecule has 0 aliphatic heterocycles. The van der Waals surface area contributed by atoms with Crippen LogP contribution in [-0.4, -0.2) is 44.6 Å². The number of hydrogen-bond acceptors (Lipinski definition) is 6. The number of aromatic nitrogens is 2. The number of nitrogens with zero attached hydrogens (tertiary/aromatic N) is 2. The van der Waals surface area contributed by atoms with E-state index in [-0.39, 0.29) is 12.3 Å². The lowest BCUT2D eigenvalue weighted by Gasteiger charge is -2.07. The second-order valence-corrected chi connectivity index (χ2v) is 4.44. The highest BCUT2D eigenvalue weighted by atomic mass is 19.4. The number of halogens is 3. The lowest BCUT2D eigenvalue weighted by Crippen LogP contribution is -2.21. The molecule has 2 N–H and O–H groups in total. The first-order valence-electron chi connectivity index (χ1n) is 6.66. The van der Waals surface area contributed by atoms with Gasteiger partial charge in [-0.3, -0.25) is 9.78 Å². The van der Waals surface area contributed by atoms with Crippen molar-refractivity contribution in [3.63, 3.8) is 0 Å². The summed E-state index contributed by atoms with van der Waals surface area (Å²) in [5.41, 5.74) is 0.785. The third kappa shape index (κ3) is 6.55. The maximum Gasteiger partial charge on any atom is 0.490 e. The lowest BCUT2D eigenvalue weighted by atomic mass is 10.3. The van der Waals surface area contributed by atoms with Crippen molar-refractivity contribution in [1.29, 1.82) is 0 Å². The Balaban J connectivity index is 0.000000412. The van der Waals surface area contributed by atoms with Gasteiger partial charge in [0.05, 0.1) is 17.5 Å². The summed E-state index contributed by atoms with van der Waals surface area (Å²) < 4.78 is 37.1. The van der Waals surface area contributed by atoms with Gasteiger partial charge < -0.3 is 14.9 Å². The molecule has 0 atom stereocenters. The van der Waals surface area contributed by atoms with Crippen molar-refractivity contribution in [2.75, 3.05) is 0 Å². The topological polar surface area (TPSA) is 127 Å². The summed E-state index contributed by atoms with van der Waals surface area (Å²) in [6.45, 7) is 0.0631. The Bertz CT molecular complexity index is 795. The molecule has 138 valence electrons. The molecule has 2 heterocycles. The molecule has 26 heavy (non-hydrogen) atoms. The van der Waals surface area contributed by atoms with E-state index in [9.17, 15) is 22.8 Å². The number of carbonyl (C=O) groups excluding carboxylic acids is 1. The minimum Gasteiger partial charge on any atom is -0.485 e. The number of alkyl halides is 3. The standard InChI is InChI=1S/C13H10N2O4.C2HF3O2/c16-7-9-4-5-14-6-12(9)19-8-10-2-1-3-11(15-10)13(17)18;3-2(4,5)1(6)7/h1-7H,8H2,(H,17,18);(H,6,7). The van der Waals surface area contributed by atoms with Crippen LogP contribution in [0.2, 0.25) is 0 Å². The highest BCUT2D eigenvalue weighted by Gasteiger charge is 2.38. The summed E-state index contributed by atoms with van der Waals surface area (Å²) in [5.74, 6) is -3.52. The Labute approximate surface area is 143 Å². The summed E-state index contributed by atoms with van der Waals surface area (Å²) in [4.78, 5) is 38.2. The van der Waals surface area contributed by atoms with Crippen LogP contribution < -0.4 is 4.74 Å². The van der Waals surface area contributed by atoms with Crippen LogP contribution in [0.15, 0.2) is 36.7 Å². The molecule has 8 nitrogen and oxygen atoms in total. The van der Waals surface area contributed by atoms with Gasteiger partial charge in [-0.25, -0.2) is 14.6 Å². The molecule has 0 bridgehead atoms. The van der Waals surface area contributed by atoms with Crippen LogP contribution in [0.4, 0.5) is 13.2 Å². The van der Waals surface area contributed by atoms with Crippen LogP contribution in [-0.2, 0) is 11.4 Å². The largest absolute Gasteiger partial charge is 0.490 e. The van der Waals surface area contributed by atoms with Gasteiger partial charge in [-0.05, 0) is 18.2 Å². The van der Waals surface area contributed by atoms with E-state index in [1.54, 1.807) is 12.1 Å². The number of ether oxygens (including phenoxy) is 1. The lowest BCUT2D eigenvalue weighted by molar-refractivity contribution is -0.192. The van der Waals surface area contributed by atoms with Crippen LogP contribution in [0, 0.1) is 0 Å². The third-order valence-electron chi connectivity index (χ3n) is 2.59. The fraction of sp³-hybridized carbons (Fsp3) is 0.133. The molecule has 2 aromatic rings. The normalized spacial score (nSPS) is 10.3. The van der Waals surface area contributed by atoms with E-state index in [2.05, 4.69) is 9.97 Å². The summed E-state index contributed by atoms with van der Waals surface area (Å²) in [7, 11) is 0. The van der Waals surface area contributed by atoms with E-state index in [1.807, 2.05) is 0 Å². The molecule has 0 saturated carbocycles. The average Bonchev–Trinajstić information content (AvgIpc) is 2.60. The molecule has 0 fully saturated rings. The zero-order valence-electron chi connectivity index (χ0n) is 12.8. The summed E-state index contributed by atoms with van der Waals surface area (Å²) in [6, 6.07) is 6.15. The number of aldehydes is 1. The van der Waals surface area contributed by atoms with Gasteiger partial charge >= 0.3 is 18.1 Å². The summed E-state index contributed by atoms with van der Waals surface area (Å²) in [5, 5.41) is 15.9. The Hall–Kier alpha value is -3.50. The minimum atomic E-state index is -5.08. The van der Waals surface area contributed by atoms with E-state index in [0.29, 0.717) is 23.3 Å². The highest BCUT2D eigenvalue weighted by Crippen LogP contribution is 2.15. The quantitative estimate of drug-likeness (QED) is 0.765. The highest BCUT2D eigenvalue weighted by molar-refractivity contribution is 5.85. The predicted molar refractivity (Wildman–Crippen MR) is 78.8 cm³/mol. The Morgan fingerprint density at radius 2 is 1.85 bits per heavy atom. The van der Waals surface area contributed by atoms with E-state index >= 15 is 0 Å². The molecule has 2 rings (SSSR count). The first-order chi connectivity index (χ1) is 12.1. The maximum absolute atomic E-state index is 10.8. The number of pyridine rings is 2. The van der Waals surface area contributed by atoms with Gasteiger partial charge in [-0.1, -0.05) is 6.07 Å². The summed E-state index contributed by atoms with van der Waals surface area (Å²) >= 11 is 0. The van der Waals surface area contributed by atoms with Crippen LogP contribution in [0.25, 0.3) is 0 Å². The van der Waals surface area contributed by atoms with Gasteiger partial charge in [0.15, 0.2) is 6.29 Å². The van der Waals surface area contributed by atoms with Crippen molar-refractivity contribution in [2.24, 2.45) is 0 Å². The fourth-order valence-electron chi connectivity index (χ4n) is 1.44. The Kier molecular flexibility index (Phi) is 7.20. The molecule has 0 unspecified atom stereocenters. The minimum absolute atomic E-state index is 0.0529. The first kappa shape index (κ1) is 20.5. The van der Waals surface area contributed by atoms with Crippen LogP contribution in [0.1, 0.15) is 26.5 Å². The molecule has 0 aliphatic carbocycles. The van der Waals surface area contributed by atoms with E-state index in [0.717, 1.165) is 0 Å². The molecule has 0 spiro atoms. The smallest absolute Gasteiger partial charge is 0.485 e. The van der Waals surface area contributed by atoms with Gasteiger partial charge in [0.2, 0.25) is 0 Å². The monoisotopic (exact) mass is 372 g/mol. The molecule has 11 heteroatoms. The zero-order chi connectivity index (χ0) is 19.7. The van der Waals surface area contributed by atoms with Crippen molar-refractivity contribution < 1.29 is 42.5 Å². The second kappa shape index (κ2) is 9.11. The molecule has 0 saturated heterocycles. The number of aliphatic carboxylic acids is 1. The number of carbonyl (C=O) groups is 3. The van der Waals surface area contributed by atoms with Crippen LogP contribution >= 0.6 is 0 Å². The third-order valence-corrected chi connectivity index (χ3v) is 2.59. The number of carboxylic acids is 2. The van der Waals surface area contributed by atoms with Crippen molar-refractivity contribution in [3.8, 4) is 5.75 Å². The van der Waals surface area contributed by atoms with Crippen molar-refractivity contribution in [2.45, 2.75) is 12.8 Å². The van der Waals surface area contributed by atoms with Crippen LogP contribution in [0.3, 0.4) is 0 Å². The Morgan fingerprint density at radius 1 is 1.19 bits per heavy atom.